The van der Waals surface area contributed by atoms with Crippen LogP contribution >= 0.6 is 0 Å². The Labute approximate surface area is 138 Å². The Morgan fingerprint density at radius 3 is 2.70 bits per heavy atom. The highest BCUT2D eigenvalue weighted by Gasteiger charge is 2.42. The van der Waals surface area contributed by atoms with Crippen molar-refractivity contribution in [2.75, 3.05) is 46.5 Å². The zero-order valence-electron chi connectivity index (χ0n) is 13.9. The van der Waals surface area contributed by atoms with Crippen molar-refractivity contribution < 1.29 is 14.3 Å². The first kappa shape index (κ1) is 16.4. The Balaban J connectivity index is 1.51. The monoisotopic (exact) mass is 318 g/mol. The minimum Gasteiger partial charge on any atom is -0.381 e. The molecular weight excluding hydrogens is 292 g/mol. The third-order valence-electron chi connectivity index (χ3n) is 5.11. The number of rotatable bonds is 4. The van der Waals surface area contributed by atoms with Crippen LogP contribution in [0, 0.1) is 0 Å². The molecule has 0 aliphatic carbocycles. The number of hydrogen-bond donors (Lipinski definition) is 0. The fraction of sp³-hybridized carbons (Fsp3) is 0.611. The number of carbonyl (C=O) groups is 1. The highest BCUT2D eigenvalue weighted by molar-refractivity contribution is 5.77. The Kier molecular flexibility index (Phi) is 5.30. The van der Waals surface area contributed by atoms with Crippen molar-refractivity contribution in [1.82, 2.24) is 9.80 Å². The predicted octanol–water partition coefficient (Wildman–Crippen LogP) is 1.53. The molecule has 5 heteroatoms. The van der Waals surface area contributed by atoms with E-state index in [4.69, 9.17) is 9.47 Å². The average Bonchev–Trinajstić information content (AvgIpc) is 2.59. The van der Waals surface area contributed by atoms with Crippen molar-refractivity contribution >= 4 is 5.91 Å². The van der Waals surface area contributed by atoms with E-state index in [1.807, 2.05) is 35.2 Å². The largest absolute Gasteiger partial charge is 0.381 e. The zero-order valence-corrected chi connectivity index (χ0v) is 13.9. The van der Waals surface area contributed by atoms with Crippen molar-refractivity contribution in [2.45, 2.75) is 25.0 Å². The van der Waals surface area contributed by atoms with Crippen molar-refractivity contribution in [1.29, 1.82) is 0 Å². The van der Waals surface area contributed by atoms with Gasteiger partial charge in [0.1, 0.15) is 6.61 Å². The molecule has 2 saturated heterocycles. The molecule has 23 heavy (non-hydrogen) atoms. The van der Waals surface area contributed by atoms with Crippen molar-refractivity contribution in [3.05, 3.63) is 35.9 Å². The molecule has 1 aromatic carbocycles. The summed E-state index contributed by atoms with van der Waals surface area (Å²) >= 11 is 0. The second kappa shape index (κ2) is 7.43. The first-order valence-electron chi connectivity index (χ1n) is 8.38. The predicted molar refractivity (Wildman–Crippen MR) is 88.1 cm³/mol. The summed E-state index contributed by atoms with van der Waals surface area (Å²) in [5.41, 5.74) is 1.19. The smallest absolute Gasteiger partial charge is 0.248 e. The number of likely N-dealkylation sites (N-methyl/N-ethyl adjacent to an activating group) is 1. The fourth-order valence-electron chi connectivity index (χ4n) is 3.49. The summed E-state index contributed by atoms with van der Waals surface area (Å²) in [4.78, 5) is 16.8. The molecule has 1 amide bonds. The molecule has 5 nitrogen and oxygen atoms in total. The van der Waals surface area contributed by atoms with E-state index in [0.717, 1.165) is 51.3 Å². The maximum absolute atomic E-state index is 12.5. The van der Waals surface area contributed by atoms with Gasteiger partial charge in [0.15, 0.2) is 0 Å². The molecule has 2 aliphatic heterocycles. The summed E-state index contributed by atoms with van der Waals surface area (Å²) in [7, 11) is 2.17. The molecule has 0 aromatic heterocycles. The Bertz CT molecular complexity index is 514. The average molecular weight is 318 g/mol. The molecule has 0 unspecified atom stereocenters. The molecule has 0 atom stereocenters. The quantitative estimate of drug-likeness (QED) is 0.844. The van der Waals surface area contributed by atoms with Gasteiger partial charge in [-0.25, -0.2) is 0 Å². The van der Waals surface area contributed by atoms with E-state index in [0.29, 0.717) is 6.61 Å². The summed E-state index contributed by atoms with van der Waals surface area (Å²) in [6.45, 7) is 4.72. The molecule has 0 N–H and O–H groups in total. The van der Waals surface area contributed by atoms with Crippen LogP contribution in [-0.2, 0) is 20.9 Å². The number of amides is 1. The number of ether oxygens (including phenoxy) is 2. The Morgan fingerprint density at radius 2 is 1.96 bits per heavy atom. The molecule has 1 aromatic rings. The number of piperazine rings is 1. The summed E-state index contributed by atoms with van der Waals surface area (Å²) in [6.07, 6.45) is 2.00. The van der Waals surface area contributed by atoms with Gasteiger partial charge in [0.05, 0.1) is 6.61 Å². The van der Waals surface area contributed by atoms with Gasteiger partial charge >= 0.3 is 0 Å². The van der Waals surface area contributed by atoms with Crippen LogP contribution in [0.4, 0.5) is 0 Å². The van der Waals surface area contributed by atoms with E-state index in [1.165, 1.54) is 0 Å². The van der Waals surface area contributed by atoms with Crippen LogP contribution in [-0.4, -0.2) is 67.7 Å². The summed E-state index contributed by atoms with van der Waals surface area (Å²) in [5.74, 6) is 0.0971. The van der Waals surface area contributed by atoms with Crippen LogP contribution < -0.4 is 0 Å². The summed E-state index contributed by atoms with van der Waals surface area (Å²) < 4.78 is 11.1. The van der Waals surface area contributed by atoms with Gasteiger partial charge in [-0.15, -0.1) is 0 Å². The lowest BCUT2D eigenvalue weighted by molar-refractivity contribution is -0.144. The number of carbonyl (C=O) groups excluding carboxylic acids is 1. The van der Waals surface area contributed by atoms with Crippen molar-refractivity contribution in [3.8, 4) is 0 Å². The van der Waals surface area contributed by atoms with E-state index in [1.54, 1.807) is 0 Å². The van der Waals surface area contributed by atoms with Gasteiger partial charge in [-0.3, -0.25) is 9.69 Å². The second-order valence-electron chi connectivity index (χ2n) is 6.55. The molecule has 0 saturated carbocycles. The van der Waals surface area contributed by atoms with Crippen molar-refractivity contribution in [2.24, 2.45) is 0 Å². The second-order valence-corrected chi connectivity index (χ2v) is 6.55. The van der Waals surface area contributed by atoms with Crippen LogP contribution in [0.3, 0.4) is 0 Å². The normalized spacial score (nSPS) is 21.5. The summed E-state index contributed by atoms with van der Waals surface area (Å²) in [5, 5.41) is 0. The lowest BCUT2D eigenvalue weighted by Crippen LogP contribution is -2.64. The third kappa shape index (κ3) is 3.91. The van der Waals surface area contributed by atoms with E-state index in [9.17, 15) is 4.79 Å². The third-order valence-corrected chi connectivity index (χ3v) is 5.11. The first-order chi connectivity index (χ1) is 11.2. The molecular formula is C18H26N2O3. The zero-order chi connectivity index (χ0) is 16.1. The van der Waals surface area contributed by atoms with Gasteiger partial charge in [0, 0.05) is 38.4 Å². The van der Waals surface area contributed by atoms with E-state index < -0.39 is 0 Å². The number of nitrogens with zero attached hydrogens (tertiary/aromatic N) is 2. The van der Waals surface area contributed by atoms with Crippen molar-refractivity contribution in [3.63, 3.8) is 0 Å². The van der Waals surface area contributed by atoms with E-state index in [2.05, 4.69) is 11.9 Å². The van der Waals surface area contributed by atoms with E-state index in [-0.39, 0.29) is 18.1 Å². The van der Waals surface area contributed by atoms with Gasteiger partial charge < -0.3 is 14.4 Å². The van der Waals surface area contributed by atoms with Crippen LogP contribution in [0.25, 0.3) is 0 Å². The molecule has 126 valence electrons. The Morgan fingerprint density at radius 1 is 1.22 bits per heavy atom. The van der Waals surface area contributed by atoms with Crippen LogP contribution in [0.5, 0.6) is 0 Å². The number of hydrogen-bond acceptors (Lipinski definition) is 4. The lowest BCUT2D eigenvalue weighted by Gasteiger charge is -2.51. The molecule has 2 heterocycles. The van der Waals surface area contributed by atoms with E-state index >= 15 is 0 Å². The highest BCUT2D eigenvalue weighted by Crippen LogP contribution is 2.30. The minimum absolute atomic E-state index is 0.0889. The van der Waals surface area contributed by atoms with Gasteiger partial charge in [-0.1, -0.05) is 30.3 Å². The number of benzene rings is 1. The van der Waals surface area contributed by atoms with Gasteiger partial charge in [-0.05, 0) is 25.5 Å². The standard InChI is InChI=1S/C18H26N2O3/c1-19-9-10-20(15-18(19)7-11-22-12-8-18)17(21)14-23-13-16-5-3-2-4-6-16/h2-6H,7-15H2,1H3. The van der Waals surface area contributed by atoms with Gasteiger partial charge in [0.25, 0.3) is 0 Å². The van der Waals surface area contributed by atoms with Gasteiger partial charge in [0.2, 0.25) is 5.91 Å². The molecule has 0 radical (unpaired) electrons. The maximum atomic E-state index is 12.5. The Hall–Kier alpha value is -1.43. The fourth-order valence-corrected chi connectivity index (χ4v) is 3.49. The first-order valence-corrected chi connectivity index (χ1v) is 8.38. The molecule has 1 spiro atoms. The minimum atomic E-state index is 0.0889. The highest BCUT2D eigenvalue weighted by atomic mass is 16.5. The van der Waals surface area contributed by atoms with Crippen LogP contribution in [0.1, 0.15) is 18.4 Å². The lowest BCUT2D eigenvalue weighted by atomic mass is 9.86. The van der Waals surface area contributed by atoms with Gasteiger partial charge in [-0.2, -0.15) is 0 Å². The molecule has 0 bridgehead atoms. The SMILES string of the molecule is CN1CCN(C(=O)COCc2ccccc2)CC12CCOCC2. The topological polar surface area (TPSA) is 42.0 Å². The molecule has 2 fully saturated rings. The molecule has 3 rings (SSSR count). The van der Waals surface area contributed by atoms with Crippen LogP contribution in [0.15, 0.2) is 30.3 Å². The maximum Gasteiger partial charge on any atom is 0.248 e. The van der Waals surface area contributed by atoms with Crippen LogP contribution in [0.2, 0.25) is 0 Å². The summed E-state index contributed by atoms with van der Waals surface area (Å²) in [6, 6.07) is 9.96. The molecule has 2 aliphatic rings.